The normalized spacial score (nSPS) is 26.1. The Kier molecular flexibility index (Phi) is 7.60. The van der Waals surface area contributed by atoms with Gasteiger partial charge in [0.15, 0.2) is 22.6 Å². The fourth-order valence-corrected chi connectivity index (χ4v) is 6.46. The first-order valence-corrected chi connectivity index (χ1v) is 13.3. The third-order valence-corrected chi connectivity index (χ3v) is 8.53. The van der Waals surface area contributed by atoms with E-state index in [2.05, 4.69) is 44.1 Å². The summed E-state index contributed by atoms with van der Waals surface area (Å²) in [6.07, 6.45) is -0.118. The van der Waals surface area contributed by atoms with Crippen molar-refractivity contribution in [2.24, 2.45) is 5.73 Å². The molecule has 5 rings (SSSR count). The molecule has 7 N–H and O–H groups in total. The van der Waals surface area contributed by atoms with Gasteiger partial charge in [0, 0.05) is 36.3 Å². The van der Waals surface area contributed by atoms with Crippen molar-refractivity contribution in [2.45, 2.75) is 54.2 Å². The van der Waals surface area contributed by atoms with Gasteiger partial charge in [0.05, 0.1) is 6.33 Å². The molecule has 13 heteroatoms. The minimum Gasteiger partial charge on any atom is -0.480 e. The summed E-state index contributed by atoms with van der Waals surface area (Å²) in [4.78, 5) is 27.1. The molecule has 0 amide bonds. The first-order valence-electron chi connectivity index (χ1n) is 12.2. The number of aliphatic hydroxyl groups excluding tert-OH is 2. The van der Waals surface area contributed by atoms with E-state index < -0.39 is 36.6 Å². The largest absolute Gasteiger partial charge is 0.480 e. The topological polar surface area (TPSA) is 186 Å². The lowest BCUT2D eigenvalue weighted by atomic mass is 9.97. The number of carboxylic acids is 1. The first-order chi connectivity index (χ1) is 17.8. The molecule has 0 saturated carbocycles. The number of nitrogens with two attached hydrogens (primary N) is 2. The van der Waals surface area contributed by atoms with Crippen molar-refractivity contribution in [2.75, 3.05) is 31.1 Å². The van der Waals surface area contributed by atoms with Crippen molar-refractivity contribution >= 4 is 34.7 Å². The van der Waals surface area contributed by atoms with Gasteiger partial charge in [-0.1, -0.05) is 18.2 Å². The summed E-state index contributed by atoms with van der Waals surface area (Å²) in [5.41, 5.74) is 13.8. The van der Waals surface area contributed by atoms with E-state index in [1.807, 2.05) is 0 Å². The molecule has 1 unspecified atom stereocenters. The molecule has 0 radical (unpaired) electrons. The molecule has 0 spiro atoms. The zero-order chi connectivity index (χ0) is 26.1. The first kappa shape index (κ1) is 25.8. The number of hydrogen-bond donors (Lipinski definition) is 5. The van der Waals surface area contributed by atoms with Crippen LogP contribution >= 0.6 is 0 Å². The van der Waals surface area contributed by atoms with Crippen LogP contribution < -0.4 is 11.5 Å². The van der Waals surface area contributed by atoms with E-state index in [1.54, 1.807) is 4.57 Å². The predicted molar refractivity (Wildman–Crippen MR) is 138 cm³/mol. The lowest BCUT2D eigenvalue weighted by molar-refractivity contribution is -0.138. The predicted octanol–water partition coefficient (Wildman–Crippen LogP) is -0.507. The molecule has 2 aliphatic rings. The summed E-state index contributed by atoms with van der Waals surface area (Å²) < 4.78 is 7.66. The standard InChI is InChI=1S/C24H31N7O5S/c25-15(24(34)35)6-8-30(7-5-13-10-37-17-4-2-1-3-14(13)17)9-16-19(32)20(33)23(36-16)31-12-29-18-21(26)27-11-28-22(18)31/h1-4,11-13,15-16,19-20,23,32-33H,5-10,25H2,(H,34,35)(H2,26,27,28)/p+1/t13?,15-,16+,19+,20+,23+/m0/s1. The molecule has 1 fully saturated rings. The van der Waals surface area contributed by atoms with Gasteiger partial charge in [-0.05, 0) is 25.5 Å². The van der Waals surface area contributed by atoms with Crippen LogP contribution in [0.5, 0.6) is 0 Å². The van der Waals surface area contributed by atoms with Gasteiger partial charge < -0.3 is 36.4 Å². The van der Waals surface area contributed by atoms with Crippen LogP contribution in [0.4, 0.5) is 5.82 Å². The van der Waals surface area contributed by atoms with E-state index in [9.17, 15) is 20.1 Å². The second kappa shape index (κ2) is 10.9. The van der Waals surface area contributed by atoms with Crippen LogP contribution in [0.1, 0.15) is 30.6 Å². The van der Waals surface area contributed by atoms with E-state index in [-0.39, 0.29) is 12.2 Å². The summed E-state index contributed by atoms with van der Waals surface area (Å²) in [6.45, 7) is 1.40. The number of imidazole rings is 1. The van der Waals surface area contributed by atoms with Crippen molar-refractivity contribution in [3.8, 4) is 0 Å². The van der Waals surface area contributed by atoms with Crippen LogP contribution in [0.3, 0.4) is 0 Å². The summed E-state index contributed by atoms with van der Waals surface area (Å²) in [5, 5.41) is 30.9. The number of fused-ring (bicyclic) bond motifs is 2. The molecule has 4 heterocycles. The zero-order valence-corrected chi connectivity index (χ0v) is 21.1. The van der Waals surface area contributed by atoms with Gasteiger partial charge in [0.1, 0.15) is 42.0 Å². The molecule has 2 aromatic heterocycles. The number of hydrogen-bond acceptors (Lipinski definition) is 10. The van der Waals surface area contributed by atoms with E-state index in [0.29, 0.717) is 36.7 Å². The summed E-state index contributed by atoms with van der Waals surface area (Å²) in [7, 11) is 0. The highest BCUT2D eigenvalue weighted by Gasteiger charge is 2.45. The molecule has 12 nitrogen and oxygen atoms in total. The number of nitrogens with zero attached hydrogens (tertiary/aromatic N) is 5. The molecule has 0 aliphatic carbocycles. The number of carbonyl (C=O) groups is 1. The van der Waals surface area contributed by atoms with Crippen molar-refractivity contribution in [3.05, 3.63) is 42.5 Å². The van der Waals surface area contributed by atoms with Crippen molar-refractivity contribution in [1.82, 2.24) is 24.4 Å². The zero-order valence-electron chi connectivity index (χ0n) is 20.2. The number of carboxylic acid groups (broad SMARTS) is 1. The smallest absolute Gasteiger partial charge is 0.320 e. The summed E-state index contributed by atoms with van der Waals surface area (Å²) in [6, 6.07) is 7.45. The molecule has 1 saturated heterocycles. The van der Waals surface area contributed by atoms with Crippen LogP contribution in [0.15, 0.2) is 41.8 Å². The van der Waals surface area contributed by atoms with Gasteiger partial charge in [-0.25, -0.2) is 15.0 Å². The van der Waals surface area contributed by atoms with Gasteiger partial charge >= 0.3 is 5.97 Å². The molecule has 2 aliphatic heterocycles. The van der Waals surface area contributed by atoms with Crippen LogP contribution in [0.25, 0.3) is 11.2 Å². The number of nitrogen functional groups attached to an aromatic ring is 1. The highest BCUT2D eigenvalue weighted by Crippen LogP contribution is 2.34. The highest BCUT2D eigenvalue weighted by molar-refractivity contribution is 7.79. The highest BCUT2D eigenvalue weighted by atomic mass is 32.2. The average Bonchev–Trinajstić information content (AvgIpc) is 3.58. The van der Waals surface area contributed by atoms with Crippen molar-refractivity contribution < 1.29 is 24.9 Å². The Morgan fingerprint density at radius 2 is 2.03 bits per heavy atom. The Morgan fingerprint density at radius 3 is 2.84 bits per heavy atom. The number of benzene rings is 1. The SMILES string of the molecule is Nc1ncnc2c1ncn2[C@@H]1O[C@H](CN(CCC2C[SH+]c3ccccc32)CC[C@H](N)C(=O)O)[C@@H](O)[C@H]1O. The average molecular weight is 531 g/mol. The molecule has 1 aromatic carbocycles. The van der Waals surface area contributed by atoms with E-state index >= 15 is 0 Å². The lowest BCUT2D eigenvalue weighted by Gasteiger charge is -2.28. The summed E-state index contributed by atoms with van der Waals surface area (Å²) in [5.74, 6) is 0.611. The Hall–Kier alpha value is -2.81. The maximum absolute atomic E-state index is 11.3. The van der Waals surface area contributed by atoms with Crippen LogP contribution in [-0.4, -0.2) is 95.4 Å². The number of ether oxygens (including phenoxy) is 1. The van der Waals surface area contributed by atoms with Gasteiger partial charge in [-0.3, -0.25) is 9.36 Å². The molecule has 198 valence electrons. The maximum Gasteiger partial charge on any atom is 0.320 e. The van der Waals surface area contributed by atoms with Gasteiger partial charge in [0.25, 0.3) is 0 Å². The van der Waals surface area contributed by atoms with Gasteiger partial charge in [-0.15, -0.1) is 0 Å². The fraction of sp³-hybridized carbons (Fsp3) is 0.500. The number of aliphatic carboxylic acids is 1. The van der Waals surface area contributed by atoms with Crippen LogP contribution in [-0.2, 0) is 21.3 Å². The minimum atomic E-state index is -1.22. The second-order valence-electron chi connectivity index (χ2n) is 9.55. The number of rotatable bonds is 10. The van der Waals surface area contributed by atoms with E-state index in [0.717, 1.165) is 12.2 Å². The molecule has 6 atom stereocenters. The Morgan fingerprint density at radius 1 is 1.22 bits per heavy atom. The number of thiol groups is 1. The van der Waals surface area contributed by atoms with Crippen LogP contribution in [0, 0.1) is 0 Å². The fourth-order valence-electron chi connectivity index (χ4n) is 5.03. The second-order valence-corrected chi connectivity index (χ2v) is 10.7. The molecule has 3 aromatic rings. The number of aliphatic hydroxyl groups is 2. The van der Waals surface area contributed by atoms with Gasteiger partial charge in [0.2, 0.25) is 0 Å². The molecule has 37 heavy (non-hydrogen) atoms. The van der Waals surface area contributed by atoms with Crippen molar-refractivity contribution in [1.29, 1.82) is 0 Å². The molecular formula is C24H32N7O5S+. The Labute approximate surface area is 217 Å². The quantitative estimate of drug-likeness (QED) is 0.168. The molecule has 0 bridgehead atoms. The third-order valence-electron chi connectivity index (χ3n) is 7.16. The molecular weight excluding hydrogens is 498 g/mol. The Bertz CT molecular complexity index is 1260. The van der Waals surface area contributed by atoms with E-state index in [1.165, 1.54) is 34.9 Å². The summed E-state index contributed by atoms with van der Waals surface area (Å²) >= 11 is 1.32. The number of anilines is 1. The van der Waals surface area contributed by atoms with Crippen molar-refractivity contribution in [3.63, 3.8) is 0 Å². The maximum atomic E-state index is 11.3. The number of aromatic nitrogens is 4. The third kappa shape index (κ3) is 5.28. The Balaban J connectivity index is 1.29. The lowest BCUT2D eigenvalue weighted by Crippen LogP contribution is -2.43. The van der Waals surface area contributed by atoms with Gasteiger partial charge in [-0.2, -0.15) is 0 Å². The minimum absolute atomic E-state index is 0.210. The van der Waals surface area contributed by atoms with Crippen LogP contribution in [0.2, 0.25) is 0 Å². The van der Waals surface area contributed by atoms with E-state index in [4.69, 9.17) is 16.2 Å². The monoisotopic (exact) mass is 530 g/mol.